The number of H-pyrrole nitrogens is 1. The predicted molar refractivity (Wildman–Crippen MR) is 143 cm³/mol. The Labute approximate surface area is 212 Å². The lowest BCUT2D eigenvalue weighted by Gasteiger charge is -2.36. The quantitative estimate of drug-likeness (QED) is 0.339. The highest BCUT2D eigenvalue weighted by atomic mass is 16.5. The Morgan fingerprint density at radius 2 is 1.78 bits per heavy atom. The first-order valence-corrected chi connectivity index (χ1v) is 12.0. The number of hydrogen-bond acceptors (Lipinski definition) is 6. The molecule has 4 aromatic rings. The van der Waals surface area contributed by atoms with Crippen LogP contribution < -0.4 is 27.0 Å². The number of benzene rings is 3. The van der Waals surface area contributed by atoms with E-state index < -0.39 is 22.8 Å². The average molecular weight is 501 g/mol. The minimum Gasteiger partial charge on any atom is -0.507 e. The number of fused-ring (bicyclic) bond motifs is 2. The Morgan fingerprint density at radius 1 is 1.08 bits per heavy atom. The fourth-order valence-corrected chi connectivity index (χ4v) is 4.97. The van der Waals surface area contributed by atoms with Crippen molar-refractivity contribution >= 4 is 28.2 Å². The van der Waals surface area contributed by atoms with Gasteiger partial charge in [-0.25, -0.2) is 9.36 Å². The summed E-state index contributed by atoms with van der Waals surface area (Å²) in [4.78, 5) is 41.4. The summed E-state index contributed by atoms with van der Waals surface area (Å²) in [6, 6.07) is 12.9. The van der Waals surface area contributed by atoms with Crippen molar-refractivity contribution in [2.24, 2.45) is 0 Å². The van der Waals surface area contributed by atoms with Gasteiger partial charge in [0.2, 0.25) is 0 Å². The molecule has 190 valence electrons. The maximum atomic E-state index is 13.5. The average Bonchev–Trinajstić information content (AvgIpc) is 2.88. The van der Waals surface area contributed by atoms with Crippen molar-refractivity contribution in [3.05, 3.63) is 85.6 Å². The van der Waals surface area contributed by atoms with Gasteiger partial charge >= 0.3 is 5.69 Å². The molecule has 9 nitrogen and oxygen atoms in total. The molecule has 1 amide bonds. The van der Waals surface area contributed by atoms with E-state index in [-0.39, 0.29) is 17.3 Å². The predicted octanol–water partition coefficient (Wildman–Crippen LogP) is 3.61. The van der Waals surface area contributed by atoms with Crippen LogP contribution in [0.15, 0.2) is 52.1 Å². The van der Waals surface area contributed by atoms with Crippen LogP contribution in [0.1, 0.15) is 35.6 Å². The molecule has 0 aliphatic carbocycles. The molecule has 1 atom stereocenters. The molecule has 3 aromatic carbocycles. The monoisotopic (exact) mass is 500 g/mol. The van der Waals surface area contributed by atoms with E-state index in [0.717, 1.165) is 27.5 Å². The van der Waals surface area contributed by atoms with Gasteiger partial charge in [0.05, 0.1) is 5.69 Å². The van der Waals surface area contributed by atoms with E-state index in [0.29, 0.717) is 29.8 Å². The minimum absolute atomic E-state index is 0.189. The van der Waals surface area contributed by atoms with E-state index >= 15 is 0 Å². The second-order valence-corrected chi connectivity index (χ2v) is 9.67. The van der Waals surface area contributed by atoms with Crippen molar-refractivity contribution in [3.8, 4) is 17.2 Å². The molecular weight excluding hydrogens is 472 g/mol. The number of anilines is 2. The maximum Gasteiger partial charge on any atom is 0.334 e. The Balaban J connectivity index is 1.55. The summed E-state index contributed by atoms with van der Waals surface area (Å²) in [5.74, 6) is 0.0227. The Hall–Kier alpha value is -4.53. The third-order valence-electron chi connectivity index (χ3n) is 7.39. The van der Waals surface area contributed by atoms with Crippen LogP contribution in [0, 0.1) is 20.8 Å². The van der Waals surface area contributed by atoms with Gasteiger partial charge in [0, 0.05) is 17.4 Å². The molecule has 5 rings (SSSR count). The zero-order chi connectivity index (χ0) is 26.6. The van der Waals surface area contributed by atoms with Crippen LogP contribution in [-0.2, 0) is 11.2 Å². The van der Waals surface area contributed by atoms with Crippen molar-refractivity contribution in [2.75, 3.05) is 11.1 Å². The molecule has 5 N–H and O–H groups in total. The molecule has 0 radical (unpaired) electrons. The lowest BCUT2D eigenvalue weighted by Crippen LogP contribution is -2.49. The van der Waals surface area contributed by atoms with Crippen molar-refractivity contribution in [1.29, 1.82) is 0 Å². The number of ether oxygens (including phenoxy) is 1. The standard InChI is InChI=1S/C28H28N4O5/c1-14-15(2)23-18(16(3)22(14)33)12-13-28(4,37-23)26(35)30-21-24(29)32(27(36)31-25(21)34)20-11-7-9-17-8-5-6-10-19(17)20/h5-11,33H,12-13,29H2,1-4H3,(H,30,35)(H,31,34,36). The summed E-state index contributed by atoms with van der Waals surface area (Å²) in [5.41, 5.74) is 6.77. The van der Waals surface area contributed by atoms with E-state index in [9.17, 15) is 19.5 Å². The number of phenolic OH excluding ortho intramolecular Hbond substituents is 1. The van der Waals surface area contributed by atoms with Crippen LogP contribution in [-0.4, -0.2) is 26.2 Å². The molecule has 2 heterocycles. The first-order chi connectivity index (χ1) is 17.5. The second-order valence-electron chi connectivity index (χ2n) is 9.67. The number of amides is 1. The van der Waals surface area contributed by atoms with Crippen molar-refractivity contribution in [2.45, 2.75) is 46.1 Å². The first-order valence-electron chi connectivity index (χ1n) is 12.0. The van der Waals surface area contributed by atoms with Crippen LogP contribution in [0.5, 0.6) is 11.5 Å². The number of nitrogens with one attached hydrogen (secondary N) is 2. The van der Waals surface area contributed by atoms with Gasteiger partial charge in [0.25, 0.3) is 11.5 Å². The first kappa shape index (κ1) is 24.2. The number of carbonyl (C=O) groups excluding carboxylic acids is 1. The Kier molecular flexibility index (Phi) is 5.58. The lowest BCUT2D eigenvalue weighted by molar-refractivity contribution is -0.131. The number of phenols is 1. The molecule has 37 heavy (non-hydrogen) atoms. The molecule has 0 spiro atoms. The highest BCUT2D eigenvalue weighted by Crippen LogP contribution is 2.43. The summed E-state index contributed by atoms with van der Waals surface area (Å²) < 4.78 is 7.41. The molecule has 1 aromatic heterocycles. The molecule has 0 fully saturated rings. The largest absolute Gasteiger partial charge is 0.507 e. The van der Waals surface area contributed by atoms with E-state index in [1.54, 1.807) is 26.0 Å². The number of aromatic nitrogens is 2. The molecule has 9 heteroatoms. The summed E-state index contributed by atoms with van der Waals surface area (Å²) in [5, 5.41) is 14.7. The third-order valence-corrected chi connectivity index (χ3v) is 7.39. The van der Waals surface area contributed by atoms with Crippen molar-refractivity contribution < 1.29 is 14.6 Å². The van der Waals surface area contributed by atoms with Gasteiger partial charge in [-0.3, -0.25) is 14.6 Å². The van der Waals surface area contributed by atoms with Gasteiger partial charge in [-0.1, -0.05) is 36.4 Å². The number of nitrogens with zero attached hydrogens (tertiary/aromatic N) is 1. The summed E-state index contributed by atoms with van der Waals surface area (Å²) in [7, 11) is 0. The van der Waals surface area contributed by atoms with Gasteiger partial charge in [0.15, 0.2) is 5.60 Å². The number of nitrogens with two attached hydrogens (primary N) is 1. The van der Waals surface area contributed by atoms with Gasteiger partial charge < -0.3 is 20.9 Å². The number of carbonyl (C=O) groups is 1. The number of nitrogen functional groups attached to an aromatic ring is 1. The van der Waals surface area contributed by atoms with E-state index in [2.05, 4.69) is 10.3 Å². The highest BCUT2D eigenvalue weighted by molar-refractivity contribution is 5.99. The highest BCUT2D eigenvalue weighted by Gasteiger charge is 2.41. The fourth-order valence-electron chi connectivity index (χ4n) is 4.97. The molecular formula is C28H28N4O5. The minimum atomic E-state index is -1.31. The van der Waals surface area contributed by atoms with Crippen LogP contribution >= 0.6 is 0 Å². The number of aromatic amines is 1. The normalized spacial score (nSPS) is 16.8. The van der Waals surface area contributed by atoms with E-state index in [1.807, 2.05) is 44.2 Å². The van der Waals surface area contributed by atoms with Crippen LogP contribution in [0.25, 0.3) is 16.5 Å². The summed E-state index contributed by atoms with van der Waals surface area (Å²) in [6.45, 7) is 7.10. The molecule has 0 saturated carbocycles. The molecule has 0 saturated heterocycles. The maximum absolute atomic E-state index is 13.5. The molecule has 0 bridgehead atoms. The van der Waals surface area contributed by atoms with Crippen LogP contribution in [0.2, 0.25) is 0 Å². The zero-order valence-electron chi connectivity index (χ0n) is 21.1. The van der Waals surface area contributed by atoms with Crippen LogP contribution in [0.4, 0.5) is 11.5 Å². The summed E-state index contributed by atoms with van der Waals surface area (Å²) in [6.07, 6.45) is 0.816. The molecule has 1 aliphatic heterocycles. The Morgan fingerprint density at radius 3 is 2.54 bits per heavy atom. The topological polar surface area (TPSA) is 139 Å². The fraction of sp³-hybridized carbons (Fsp3) is 0.250. The van der Waals surface area contributed by atoms with Crippen molar-refractivity contribution in [1.82, 2.24) is 9.55 Å². The molecule has 1 unspecified atom stereocenters. The smallest absolute Gasteiger partial charge is 0.334 e. The van der Waals surface area contributed by atoms with Crippen molar-refractivity contribution in [3.63, 3.8) is 0 Å². The van der Waals surface area contributed by atoms with Gasteiger partial charge in [0.1, 0.15) is 23.0 Å². The number of aromatic hydroxyl groups is 1. The Bertz CT molecular complexity index is 1710. The molecule has 1 aliphatic rings. The van der Waals surface area contributed by atoms with Gasteiger partial charge in [-0.2, -0.15) is 0 Å². The SMILES string of the molecule is Cc1c(C)c2c(c(C)c1O)CCC(C)(C(=O)Nc1c(N)n(-c3cccc4ccccc34)c(=O)[nH]c1=O)O2. The number of rotatable bonds is 3. The lowest BCUT2D eigenvalue weighted by atomic mass is 9.86. The third kappa shape index (κ3) is 3.74. The zero-order valence-corrected chi connectivity index (χ0v) is 21.1. The summed E-state index contributed by atoms with van der Waals surface area (Å²) >= 11 is 0. The van der Waals surface area contributed by atoms with Gasteiger partial charge in [-0.05, 0) is 62.3 Å². The van der Waals surface area contributed by atoms with Gasteiger partial charge in [-0.15, -0.1) is 0 Å². The second kappa shape index (κ2) is 8.55. The van der Waals surface area contributed by atoms with Crippen LogP contribution in [0.3, 0.4) is 0 Å². The van der Waals surface area contributed by atoms with E-state index in [1.165, 1.54) is 4.57 Å². The van der Waals surface area contributed by atoms with E-state index in [4.69, 9.17) is 10.5 Å². The number of hydrogen-bond donors (Lipinski definition) is 4.